The van der Waals surface area contributed by atoms with E-state index in [2.05, 4.69) is 12.2 Å². The summed E-state index contributed by atoms with van der Waals surface area (Å²) in [6.07, 6.45) is 0.875. The lowest BCUT2D eigenvalue weighted by atomic mass is 10.0. The van der Waals surface area contributed by atoms with E-state index in [0.717, 1.165) is 34.1 Å². The largest absolute Gasteiger partial charge is 0.321 e. The van der Waals surface area contributed by atoms with Gasteiger partial charge >= 0.3 is 0 Å². The van der Waals surface area contributed by atoms with E-state index in [1.807, 2.05) is 55.5 Å². The van der Waals surface area contributed by atoms with Crippen molar-refractivity contribution in [2.45, 2.75) is 20.3 Å². The van der Waals surface area contributed by atoms with Crippen molar-refractivity contribution in [2.75, 3.05) is 5.32 Å². The topological polar surface area (TPSA) is 42.0 Å². The second-order valence-electron chi connectivity index (χ2n) is 7.20. The number of amides is 1. The molecule has 0 radical (unpaired) electrons. The fraction of sp³-hybridized carbons (Fsp3) is 0.120. The molecule has 1 amide bonds. The van der Waals surface area contributed by atoms with Crippen LogP contribution in [0, 0.1) is 6.92 Å². The minimum absolute atomic E-state index is 0.242. The van der Waals surface area contributed by atoms with Crippen LogP contribution in [-0.2, 0) is 6.42 Å². The first-order valence-electron chi connectivity index (χ1n) is 9.71. The Morgan fingerprint density at radius 2 is 1.73 bits per heavy atom. The maximum Gasteiger partial charge on any atom is 0.256 e. The average Bonchev–Trinajstić information content (AvgIpc) is 2.75. The molecule has 0 aliphatic rings. The van der Waals surface area contributed by atoms with Gasteiger partial charge in [0.25, 0.3) is 5.91 Å². The summed E-state index contributed by atoms with van der Waals surface area (Å²) in [5.41, 5.74) is 5.86. The number of halogens is 2. The van der Waals surface area contributed by atoms with Crippen LogP contribution in [0.25, 0.3) is 22.2 Å². The van der Waals surface area contributed by atoms with Crippen LogP contribution in [0.4, 0.5) is 5.69 Å². The summed E-state index contributed by atoms with van der Waals surface area (Å²) in [6, 6.07) is 21.0. The molecule has 3 nitrogen and oxygen atoms in total. The van der Waals surface area contributed by atoms with Crippen LogP contribution in [0.3, 0.4) is 0 Å². The molecular formula is C25H20Cl2N2O. The first-order chi connectivity index (χ1) is 14.4. The lowest BCUT2D eigenvalue weighted by Crippen LogP contribution is -2.13. The number of benzene rings is 3. The Hall–Kier alpha value is -2.88. The van der Waals surface area contributed by atoms with Gasteiger partial charge in [-0.15, -0.1) is 0 Å². The molecule has 150 valence electrons. The molecule has 1 aromatic heterocycles. The number of hydrogen-bond donors (Lipinski definition) is 1. The van der Waals surface area contributed by atoms with Crippen LogP contribution in [-0.4, -0.2) is 10.9 Å². The van der Waals surface area contributed by atoms with Crippen molar-refractivity contribution >= 4 is 45.7 Å². The minimum atomic E-state index is -0.242. The SMILES string of the molecule is CCc1ccc2nc(-c3ccc(C)cc3)cc(C(=O)Nc3ccc(Cl)cc3Cl)c2c1. The number of aromatic nitrogens is 1. The third-order valence-electron chi connectivity index (χ3n) is 5.05. The Morgan fingerprint density at radius 3 is 2.43 bits per heavy atom. The van der Waals surface area contributed by atoms with Crippen molar-refractivity contribution in [1.82, 2.24) is 4.98 Å². The van der Waals surface area contributed by atoms with Gasteiger partial charge in [0.2, 0.25) is 0 Å². The molecule has 3 aromatic carbocycles. The Balaban J connectivity index is 1.84. The number of carbonyl (C=O) groups excluding carboxylic acids is 1. The molecule has 5 heteroatoms. The number of anilines is 1. The van der Waals surface area contributed by atoms with Crippen LogP contribution in [0.5, 0.6) is 0 Å². The molecule has 4 rings (SSSR count). The van der Waals surface area contributed by atoms with Crippen LogP contribution in [0.2, 0.25) is 10.0 Å². The first-order valence-corrected chi connectivity index (χ1v) is 10.5. The fourth-order valence-electron chi connectivity index (χ4n) is 3.33. The monoisotopic (exact) mass is 434 g/mol. The molecule has 0 fully saturated rings. The number of nitrogens with zero attached hydrogens (tertiary/aromatic N) is 1. The second-order valence-corrected chi connectivity index (χ2v) is 8.05. The fourth-order valence-corrected chi connectivity index (χ4v) is 3.79. The molecule has 0 atom stereocenters. The lowest BCUT2D eigenvalue weighted by Gasteiger charge is -2.13. The van der Waals surface area contributed by atoms with Gasteiger partial charge in [-0.05, 0) is 55.3 Å². The van der Waals surface area contributed by atoms with E-state index in [4.69, 9.17) is 28.2 Å². The van der Waals surface area contributed by atoms with E-state index in [0.29, 0.717) is 21.3 Å². The maximum atomic E-state index is 13.3. The minimum Gasteiger partial charge on any atom is -0.321 e. The molecule has 0 saturated carbocycles. The molecule has 0 unspecified atom stereocenters. The van der Waals surface area contributed by atoms with E-state index in [-0.39, 0.29) is 5.91 Å². The van der Waals surface area contributed by atoms with Crippen LogP contribution in [0.1, 0.15) is 28.4 Å². The van der Waals surface area contributed by atoms with E-state index in [1.54, 1.807) is 18.2 Å². The summed E-state index contributed by atoms with van der Waals surface area (Å²) in [5.74, 6) is -0.242. The Labute approximate surface area is 185 Å². The van der Waals surface area contributed by atoms with Crippen LogP contribution >= 0.6 is 23.2 Å². The van der Waals surface area contributed by atoms with Crippen molar-refractivity contribution in [1.29, 1.82) is 0 Å². The standard InChI is InChI=1S/C25H20Cl2N2O/c1-3-16-6-10-22-19(12-16)20(14-24(28-22)17-7-4-15(2)5-8-17)25(30)29-23-11-9-18(26)13-21(23)27/h4-14H,3H2,1-2H3,(H,29,30). The third-order valence-corrected chi connectivity index (χ3v) is 5.60. The van der Waals surface area contributed by atoms with E-state index in [9.17, 15) is 4.79 Å². The Morgan fingerprint density at radius 1 is 0.967 bits per heavy atom. The number of aryl methyl sites for hydroxylation is 2. The smallest absolute Gasteiger partial charge is 0.256 e. The average molecular weight is 435 g/mol. The highest BCUT2D eigenvalue weighted by Crippen LogP contribution is 2.29. The predicted octanol–water partition coefficient (Wildman–Crippen LogP) is 7.33. The number of hydrogen-bond acceptors (Lipinski definition) is 2. The predicted molar refractivity (Wildman–Crippen MR) is 126 cm³/mol. The third kappa shape index (κ3) is 4.18. The van der Waals surface area contributed by atoms with Gasteiger partial charge in [0.05, 0.1) is 27.5 Å². The zero-order valence-electron chi connectivity index (χ0n) is 16.7. The van der Waals surface area contributed by atoms with Gasteiger partial charge in [0, 0.05) is 16.0 Å². The van der Waals surface area contributed by atoms with Crippen LogP contribution in [0.15, 0.2) is 66.7 Å². The molecule has 30 heavy (non-hydrogen) atoms. The summed E-state index contributed by atoms with van der Waals surface area (Å²) in [5, 5.41) is 4.63. The summed E-state index contributed by atoms with van der Waals surface area (Å²) in [6.45, 7) is 4.13. The zero-order valence-corrected chi connectivity index (χ0v) is 18.2. The van der Waals surface area contributed by atoms with Gasteiger partial charge in [0.15, 0.2) is 0 Å². The molecular weight excluding hydrogens is 415 g/mol. The molecule has 1 heterocycles. The number of pyridine rings is 1. The number of rotatable bonds is 4. The van der Waals surface area contributed by atoms with E-state index < -0.39 is 0 Å². The molecule has 0 aliphatic carbocycles. The normalized spacial score (nSPS) is 10.9. The summed E-state index contributed by atoms with van der Waals surface area (Å²) in [4.78, 5) is 18.1. The summed E-state index contributed by atoms with van der Waals surface area (Å²) < 4.78 is 0. The van der Waals surface area contributed by atoms with Gasteiger partial charge < -0.3 is 5.32 Å². The summed E-state index contributed by atoms with van der Waals surface area (Å²) >= 11 is 12.2. The van der Waals surface area contributed by atoms with E-state index in [1.165, 1.54) is 5.56 Å². The zero-order chi connectivity index (χ0) is 21.3. The maximum absolute atomic E-state index is 13.3. The van der Waals surface area contributed by atoms with Crippen molar-refractivity contribution in [2.24, 2.45) is 0 Å². The van der Waals surface area contributed by atoms with Crippen molar-refractivity contribution in [3.05, 3.63) is 93.5 Å². The van der Waals surface area contributed by atoms with Gasteiger partial charge in [-0.1, -0.05) is 66.0 Å². The molecule has 0 aliphatic heterocycles. The highest BCUT2D eigenvalue weighted by Gasteiger charge is 2.16. The lowest BCUT2D eigenvalue weighted by molar-refractivity contribution is 0.102. The van der Waals surface area contributed by atoms with E-state index >= 15 is 0 Å². The molecule has 1 N–H and O–H groups in total. The van der Waals surface area contributed by atoms with Gasteiger partial charge in [-0.3, -0.25) is 4.79 Å². The molecule has 0 spiro atoms. The molecule has 0 bridgehead atoms. The Bertz CT molecular complexity index is 1250. The van der Waals surface area contributed by atoms with Gasteiger partial charge in [0.1, 0.15) is 0 Å². The number of carbonyl (C=O) groups is 1. The number of nitrogens with one attached hydrogen (secondary N) is 1. The highest BCUT2D eigenvalue weighted by atomic mass is 35.5. The molecule has 4 aromatic rings. The van der Waals surface area contributed by atoms with Crippen molar-refractivity contribution in [3.63, 3.8) is 0 Å². The summed E-state index contributed by atoms with van der Waals surface area (Å²) in [7, 11) is 0. The van der Waals surface area contributed by atoms with Crippen LogP contribution < -0.4 is 5.32 Å². The van der Waals surface area contributed by atoms with Crippen molar-refractivity contribution in [3.8, 4) is 11.3 Å². The Kier molecular flexibility index (Phi) is 5.76. The van der Waals surface area contributed by atoms with Crippen molar-refractivity contribution < 1.29 is 4.79 Å². The first kappa shape index (κ1) is 20.4. The second kappa shape index (κ2) is 8.47. The molecule has 0 saturated heterocycles. The number of fused-ring (bicyclic) bond motifs is 1. The van der Waals surface area contributed by atoms with Gasteiger partial charge in [-0.25, -0.2) is 4.98 Å². The quantitative estimate of drug-likeness (QED) is 0.365. The highest BCUT2D eigenvalue weighted by molar-refractivity contribution is 6.37. The van der Waals surface area contributed by atoms with Gasteiger partial charge in [-0.2, -0.15) is 0 Å².